The number of likely N-dealkylation sites (tertiary alicyclic amines) is 1. The molecule has 1 N–H and O–H groups in total. The summed E-state index contributed by atoms with van der Waals surface area (Å²) in [5, 5.41) is 2.93. The average Bonchev–Trinajstić information content (AvgIpc) is 2.99. The molecule has 4 nitrogen and oxygen atoms in total. The van der Waals surface area contributed by atoms with E-state index in [1.54, 1.807) is 12.1 Å². The van der Waals surface area contributed by atoms with Crippen molar-refractivity contribution in [2.75, 3.05) is 6.54 Å². The number of amides is 2. The van der Waals surface area contributed by atoms with Crippen LogP contribution < -0.4 is 5.32 Å². The van der Waals surface area contributed by atoms with Gasteiger partial charge < -0.3 is 10.2 Å². The number of benzene rings is 2. The molecule has 0 saturated carbocycles. The van der Waals surface area contributed by atoms with Gasteiger partial charge in [0.15, 0.2) is 0 Å². The first-order chi connectivity index (χ1) is 11.2. The fourth-order valence-corrected chi connectivity index (χ4v) is 2.80. The first kappa shape index (κ1) is 15.3. The minimum atomic E-state index is -0.0780. The predicted octanol–water partition coefficient (Wildman–Crippen LogP) is 2.74. The van der Waals surface area contributed by atoms with Crippen molar-refractivity contribution in [1.82, 2.24) is 10.2 Å². The van der Waals surface area contributed by atoms with Gasteiger partial charge in [-0.1, -0.05) is 42.5 Å². The molecule has 0 aliphatic carbocycles. The molecule has 2 amide bonds. The second-order valence-electron chi connectivity index (χ2n) is 5.79. The zero-order valence-corrected chi connectivity index (χ0v) is 13.0. The number of hydrogen-bond acceptors (Lipinski definition) is 2. The van der Waals surface area contributed by atoms with E-state index in [9.17, 15) is 9.59 Å². The fourth-order valence-electron chi connectivity index (χ4n) is 2.80. The van der Waals surface area contributed by atoms with Gasteiger partial charge in [-0.05, 0) is 29.7 Å². The number of hydrogen-bond donors (Lipinski definition) is 1. The monoisotopic (exact) mass is 308 g/mol. The van der Waals surface area contributed by atoms with E-state index in [0.717, 1.165) is 24.1 Å². The van der Waals surface area contributed by atoms with Crippen LogP contribution >= 0.6 is 0 Å². The molecule has 0 atom stereocenters. The molecular formula is C19H20N2O2. The normalized spacial score (nSPS) is 14.1. The highest BCUT2D eigenvalue weighted by Gasteiger charge is 2.19. The Bertz CT molecular complexity index is 698. The Morgan fingerprint density at radius 2 is 1.83 bits per heavy atom. The lowest BCUT2D eigenvalue weighted by Gasteiger charge is -2.16. The van der Waals surface area contributed by atoms with Gasteiger partial charge in [0.1, 0.15) is 0 Å². The van der Waals surface area contributed by atoms with Crippen molar-refractivity contribution in [3.05, 3.63) is 71.3 Å². The van der Waals surface area contributed by atoms with Crippen LogP contribution in [-0.2, 0) is 17.9 Å². The number of carbonyl (C=O) groups is 2. The molecule has 1 aliphatic rings. The molecule has 2 aromatic carbocycles. The van der Waals surface area contributed by atoms with E-state index in [2.05, 4.69) is 11.4 Å². The van der Waals surface area contributed by atoms with E-state index < -0.39 is 0 Å². The number of rotatable bonds is 5. The maximum absolute atomic E-state index is 12.1. The van der Waals surface area contributed by atoms with Crippen LogP contribution in [0.2, 0.25) is 0 Å². The van der Waals surface area contributed by atoms with Crippen LogP contribution in [0.4, 0.5) is 0 Å². The molecule has 0 spiro atoms. The highest BCUT2D eigenvalue weighted by Crippen LogP contribution is 2.15. The maximum atomic E-state index is 12.1. The van der Waals surface area contributed by atoms with Crippen LogP contribution in [0.5, 0.6) is 0 Å². The third-order valence-electron chi connectivity index (χ3n) is 4.03. The second-order valence-corrected chi connectivity index (χ2v) is 5.79. The van der Waals surface area contributed by atoms with E-state index in [0.29, 0.717) is 25.1 Å². The van der Waals surface area contributed by atoms with E-state index in [1.165, 1.54) is 0 Å². The Balaban J connectivity index is 1.59. The van der Waals surface area contributed by atoms with Crippen molar-refractivity contribution < 1.29 is 9.59 Å². The van der Waals surface area contributed by atoms with Crippen molar-refractivity contribution in [2.24, 2.45) is 0 Å². The van der Waals surface area contributed by atoms with Crippen LogP contribution in [-0.4, -0.2) is 23.3 Å². The summed E-state index contributed by atoms with van der Waals surface area (Å²) < 4.78 is 0. The Morgan fingerprint density at radius 3 is 2.57 bits per heavy atom. The predicted molar refractivity (Wildman–Crippen MR) is 88.7 cm³/mol. The summed E-state index contributed by atoms with van der Waals surface area (Å²) in [4.78, 5) is 25.7. The number of carbonyl (C=O) groups excluding carboxylic acids is 2. The van der Waals surface area contributed by atoms with Gasteiger partial charge in [-0.15, -0.1) is 0 Å². The van der Waals surface area contributed by atoms with Gasteiger partial charge in [-0.3, -0.25) is 9.59 Å². The summed E-state index contributed by atoms with van der Waals surface area (Å²) in [7, 11) is 0. The number of nitrogens with zero attached hydrogens (tertiary/aromatic N) is 1. The lowest BCUT2D eigenvalue weighted by Crippen LogP contribution is -2.24. The lowest BCUT2D eigenvalue weighted by molar-refractivity contribution is -0.128. The third kappa shape index (κ3) is 3.97. The van der Waals surface area contributed by atoms with Crippen LogP contribution in [0, 0.1) is 0 Å². The van der Waals surface area contributed by atoms with E-state index in [4.69, 9.17) is 0 Å². The van der Waals surface area contributed by atoms with Crippen molar-refractivity contribution in [3.8, 4) is 0 Å². The molecule has 0 unspecified atom stereocenters. The molecule has 0 bridgehead atoms. The molecule has 4 heteroatoms. The van der Waals surface area contributed by atoms with Crippen molar-refractivity contribution in [3.63, 3.8) is 0 Å². The zero-order chi connectivity index (χ0) is 16.1. The van der Waals surface area contributed by atoms with Crippen molar-refractivity contribution >= 4 is 11.8 Å². The Morgan fingerprint density at radius 1 is 1.04 bits per heavy atom. The molecule has 1 aliphatic heterocycles. The molecule has 0 aromatic heterocycles. The second kappa shape index (κ2) is 7.09. The Labute approximate surface area is 136 Å². The summed E-state index contributed by atoms with van der Waals surface area (Å²) >= 11 is 0. The SMILES string of the molecule is O=C(NCc1cccc(CN2CCCC2=O)c1)c1ccccc1. The smallest absolute Gasteiger partial charge is 0.251 e. The van der Waals surface area contributed by atoms with Gasteiger partial charge in [-0.2, -0.15) is 0 Å². The van der Waals surface area contributed by atoms with E-state index >= 15 is 0 Å². The maximum Gasteiger partial charge on any atom is 0.251 e. The average molecular weight is 308 g/mol. The molecular weight excluding hydrogens is 288 g/mol. The molecule has 1 fully saturated rings. The largest absolute Gasteiger partial charge is 0.348 e. The summed E-state index contributed by atoms with van der Waals surface area (Å²) in [6.45, 7) is 1.97. The highest BCUT2D eigenvalue weighted by molar-refractivity contribution is 5.94. The first-order valence-electron chi connectivity index (χ1n) is 7.91. The van der Waals surface area contributed by atoms with Crippen molar-refractivity contribution in [1.29, 1.82) is 0 Å². The fraction of sp³-hybridized carbons (Fsp3) is 0.263. The molecule has 2 aromatic rings. The minimum Gasteiger partial charge on any atom is -0.348 e. The van der Waals surface area contributed by atoms with E-state index in [-0.39, 0.29) is 11.8 Å². The standard InChI is InChI=1S/C19H20N2O2/c22-18-10-5-11-21(18)14-16-7-4-6-15(12-16)13-20-19(23)17-8-2-1-3-9-17/h1-4,6-9,12H,5,10-11,13-14H2,(H,20,23). The Hall–Kier alpha value is -2.62. The molecule has 0 radical (unpaired) electrons. The van der Waals surface area contributed by atoms with Crippen LogP contribution in [0.25, 0.3) is 0 Å². The van der Waals surface area contributed by atoms with Crippen LogP contribution in [0.15, 0.2) is 54.6 Å². The first-order valence-corrected chi connectivity index (χ1v) is 7.91. The molecule has 23 heavy (non-hydrogen) atoms. The summed E-state index contributed by atoms with van der Waals surface area (Å²) in [6.07, 6.45) is 1.61. The van der Waals surface area contributed by atoms with Gasteiger partial charge in [0, 0.05) is 31.6 Å². The van der Waals surface area contributed by atoms with E-state index in [1.807, 2.05) is 41.3 Å². The summed E-state index contributed by atoms with van der Waals surface area (Å²) in [5.41, 5.74) is 2.80. The third-order valence-corrected chi connectivity index (χ3v) is 4.03. The Kier molecular flexibility index (Phi) is 4.71. The molecule has 1 saturated heterocycles. The molecule has 118 valence electrons. The summed E-state index contributed by atoms with van der Waals surface area (Å²) in [5.74, 6) is 0.151. The summed E-state index contributed by atoms with van der Waals surface area (Å²) in [6, 6.07) is 17.2. The molecule has 1 heterocycles. The van der Waals surface area contributed by atoms with Gasteiger partial charge >= 0.3 is 0 Å². The van der Waals surface area contributed by atoms with Gasteiger partial charge in [0.05, 0.1) is 0 Å². The lowest BCUT2D eigenvalue weighted by atomic mass is 10.1. The van der Waals surface area contributed by atoms with Crippen molar-refractivity contribution in [2.45, 2.75) is 25.9 Å². The quantitative estimate of drug-likeness (QED) is 0.923. The zero-order valence-electron chi connectivity index (χ0n) is 13.0. The highest BCUT2D eigenvalue weighted by atomic mass is 16.2. The minimum absolute atomic E-state index is 0.0780. The van der Waals surface area contributed by atoms with Gasteiger partial charge in [0.25, 0.3) is 5.91 Å². The van der Waals surface area contributed by atoms with Crippen LogP contribution in [0.3, 0.4) is 0 Å². The van der Waals surface area contributed by atoms with Gasteiger partial charge in [-0.25, -0.2) is 0 Å². The number of nitrogens with one attached hydrogen (secondary N) is 1. The topological polar surface area (TPSA) is 49.4 Å². The van der Waals surface area contributed by atoms with Gasteiger partial charge in [0.2, 0.25) is 5.91 Å². The van der Waals surface area contributed by atoms with Crippen LogP contribution in [0.1, 0.15) is 34.3 Å². The molecule has 3 rings (SSSR count).